The smallest absolute Gasteiger partial charge is 0.295 e. The van der Waals surface area contributed by atoms with E-state index in [0.29, 0.717) is 48.3 Å². The minimum atomic E-state index is -3.22. The molecule has 1 aromatic carbocycles. The largest absolute Gasteiger partial charge is 0.483 e. The third-order valence-electron chi connectivity index (χ3n) is 5.82. The zero-order valence-corrected chi connectivity index (χ0v) is 19.2. The van der Waals surface area contributed by atoms with Crippen LogP contribution < -0.4 is 9.62 Å². The predicted molar refractivity (Wildman–Crippen MR) is 121 cm³/mol. The summed E-state index contributed by atoms with van der Waals surface area (Å²) in [5.41, 5.74) is 0.615. The van der Waals surface area contributed by atoms with E-state index >= 15 is 0 Å². The first-order chi connectivity index (χ1) is 15.3. The molecule has 0 radical (unpaired) electrons. The lowest BCUT2D eigenvalue weighted by atomic mass is 10.2. The zero-order chi connectivity index (χ0) is 23.1. The Kier molecular flexibility index (Phi) is 8.25. The van der Waals surface area contributed by atoms with E-state index in [0.717, 1.165) is 31.9 Å². The fraction of sp³-hybridized carbons (Fsp3) is 0.545. The molecule has 32 heavy (non-hydrogen) atoms. The number of carbonyl (C=O) groups excluding carboxylic acids is 1. The Labute approximate surface area is 189 Å². The van der Waals surface area contributed by atoms with Gasteiger partial charge in [-0.1, -0.05) is 13.0 Å². The molecule has 0 unspecified atom stereocenters. The van der Waals surface area contributed by atoms with Crippen LogP contribution in [0.5, 0.6) is 0 Å². The number of quaternary nitrogens is 1. The maximum atomic E-state index is 13.6. The minimum Gasteiger partial charge on any atom is -0.483 e. The van der Waals surface area contributed by atoms with Gasteiger partial charge in [0.05, 0.1) is 19.2 Å². The lowest BCUT2D eigenvalue weighted by Crippen LogP contribution is -3.16. The van der Waals surface area contributed by atoms with Crippen molar-refractivity contribution in [1.82, 2.24) is 4.90 Å². The van der Waals surface area contributed by atoms with E-state index in [-0.39, 0.29) is 17.6 Å². The first kappa shape index (κ1) is 24.2. The first-order valence-corrected chi connectivity index (χ1v) is 12.8. The lowest BCUT2D eigenvalue weighted by molar-refractivity contribution is -0.773. The van der Waals surface area contributed by atoms with Crippen LogP contribution in [0.2, 0.25) is 0 Å². The third-order valence-corrected chi connectivity index (χ3v) is 8.05. The van der Waals surface area contributed by atoms with Crippen molar-refractivity contribution in [3.8, 4) is 0 Å². The number of hydrogen-bond donors (Lipinski definition) is 3. The summed E-state index contributed by atoms with van der Waals surface area (Å²) in [6.45, 7) is 3.33. The first-order valence-electron chi connectivity index (χ1n) is 11.1. The predicted octanol–water partition coefficient (Wildman–Crippen LogP) is 1.52. The maximum Gasteiger partial charge on any atom is 0.295 e. The van der Waals surface area contributed by atoms with Crippen LogP contribution in [0.25, 0.3) is 0 Å². The summed E-state index contributed by atoms with van der Waals surface area (Å²) in [5.74, 6) is -0.850. The SMILES string of the molecule is CCCS(=O)(=O)[NH+]1CCN(C(C=N)=C(OC2CCCC2)C(=O)Nc2cccc(F)c2)CC1. The number of rotatable bonds is 9. The highest BCUT2D eigenvalue weighted by molar-refractivity contribution is 7.85. The molecule has 1 aliphatic heterocycles. The number of anilines is 1. The molecule has 8 nitrogen and oxygen atoms in total. The van der Waals surface area contributed by atoms with Gasteiger partial charge in [0.2, 0.25) is 5.76 Å². The van der Waals surface area contributed by atoms with E-state index in [1.807, 2.05) is 11.8 Å². The van der Waals surface area contributed by atoms with Crippen LogP contribution in [0.15, 0.2) is 35.7 Å². The molecule has 1 aliphatic carbocycles. The molecule has 2 fully saturated rings. The molecular weight excluding hydrogens is 435 g/mol. The van der Waals surface area contributed by atoms with Gasteiger partial charge >= 0.3 is 0 Å². The number of nitrogens with one attached hydrogen (secondary N) is 3. The second-order valence-corrected chi connectivity index (χ2v) is 10.4. The zero-order valence-electron chi connectivity index (χ0n) is 18.4. The van der Waals surface area contributed by atoms with Crippen molar-refractivity contribution in [3.05, 3.63) is 41.5 Å². The van der Waals surface area contributed by atoms with Gasteiger partial charge < -0.3 is 20.4 Å². The Hall–Kier alpha value is -2.46. The number of ether oxygens (including phenoxy) is 1. The summed E-state index contributed by atoms with van der Waals surface area (Å²) < 4.78 is 45.0. The molecule has 0 spiro atoms. The van der Waals surface area contributed by atoms with Gasteiger partial charge in [0.15, 0.2) is 0 Å². The Morgan fingerprint density at radius 1 is 1.31 bits per heavy atom. The molecule has 1 heterocycles. The number of amides is 1. The van der Waals surface area contributed by atoms with Crippen LogP contribution in [0.3, 0.4) is 0 Å². The number of piperazine rings is 1. The number of nitrogens with zero attached hydrogens (tertiary/aromatic N) is 1. The molecule has 3 N–H and O–H groups in total. The van der Waals surface area contributed by atoms with Crippen molar-refractivity contribution in [2.45, 2.75) is 45.1 Å². The quantitative estimate of drug-likeness (QED) is 0.290. The molecule has 0 atom stereocenters. The van der Waals surface area contributed by atoms with Crippen molar-refractivity contribution < 1.29 is 26.6 Å². The molecule has 1 saturated carbocycles. The van der Waals surface area contributed by atoms with E-state index < -0.39 is 21.7 Å². The van der Waals surface area contributed by atoms with Gasteiger partial charge in [0.1, 0.15) is 30.4 Å². The minimum absolute atomic E-state index is 0.0241. The van der Waals surface area contributed by atoms with Crippen molar-refractivity contribution in [2.75, 3.05) is 37.2 Å². The summed E-state index contributed by atoms with van der Waals surface area (Å²) in [5, 5.41) is 10.6. The topological polar surface area (TPSA) is 104 Å². The summed E-state index contributed by atoms with van der Waals surface area (Å²) in [4.78, 5) is 14.9. The van der Waals surface area contributed by atoms with E-state index in [4.69, 9.17) is 10.1 Å². The molecule has 1 aromatic rings. The summed E-state index contributed by atoms with van der Waals surface area (Å²) in [6.07, 6.45) is 5.23. The van der Waals surface area contributed by atoms with Crippen LogP contribution in [0.4, 0.5) is 10.1 Å². The molecular formula is C22H32FN4O4S+. The fourth-order valence-electron chi connectivity index (χ4n) is 4.18. The molecule has 3 rings (SSSR count). The molecule has 2 aliphatic rings. The van der Waals surface area contributed by atoms with Gasteiger partial charge in [-0.2, -0.15) is 8.42 Å². The van der Waals surface area contributed by atoms with Crippen molar-refractivity contribution in [1.29, 1.82) is 5.41 Å². The molecule has 10 heteroatoms. The van der Waals surface area contributed by atoms with Crippen molar-refractivity contribution in [2.24, 2.45) is 0 Å². The highest BCUT2D eigenvalue weighted by Gasteiger charge is 2.33. The Morgan fingerprint density at radius 2 is 2.00 bits per heavy atom. The molecule has 1 saturated heterocycles. The Balaban J connectivity index is 1.82. The summed E-state index contributed by atoms with van der Waals surface area (Å²) in [7, 11) is -3.22. The van der Waals surface area contributed by atoms with Gasteiger partial charge in [0.25, 0.3) is 15.9 Å². The highest BCUT2D eigenvalue weighted by atomic mass is 32.2. The number of carbonyl (C=O) groups is 1. The Bertz CT molecular complexity index is 952. The molecule has 1 amide bonds. The van der Waals surface area contributed by atoms with Crippen molar-refractivity contribution >= 4 is 27.8 Å². The number of sulfonamides is 1. The molecule has 0 aromatic heterocycles. The third kappa shape index (κ3) is 6.07. The van der Waals surface area contributed by atoms with Gasteiger partial charge in [-0.15, -0.1) is 0 Å². The van der Waals surface area contributed by atoms with Crippen LogP contribution in [0, 0.1) is 11.2 Å². The van der Waals surface area contributed by atoms with Crippen LogP contribution >= 0.6 is 0 Å². The van der Waals surface area contributed by atoms with E-state index in [9.17, 15) is 17.6 Å². The van der Waals surface area contributed by atoms with Gasteiger partial charge in [-0.25, -0.2) is 8.70 Å². The average molecular weight is 468 g/mol. The lowest BCUT2D eigenvalue weighted by Gasteiger charge is -2.34. The second kappa shape index (κ2) is 10.9. The van der Waals surface area contributed by atoms with E-state index in [2.05, 4.69) is 5.32 Å². The molecule has 176 valence electrons. The number of hydrogen-bond acceptors (Lipinski definition) is 6. The number of benzene rings is 1. The molecule has 0 bridgehead atoms. The second-order valence-electron chi connectivity index (χ2n) is 8.19. The number of halogens is 1. The fourth-order valence-corrected chi connectivity index (χ4v) is 5.81. The van der Waals surface area contributed by atoms with Crippen LogP contribution in [-0.4, -0.2) is 63.5 Å². The van der Waals surface area contributed by atoms with Gasteiger partial charge in [-0.3, -0.25) is 4.79 Å². The van der Waals surface area contributed by atoms with E-state index in [1.165, 1.54) is 18.2 Å². The van der Waals surface area contributed by atoms with Crippen molar-refractivity contribution in [3.63, 3.8) is 0 Å². The summed E-state index contributed by atoms with van der Waals surface area (Å²) in [6, 6.07) is 5.59. The Morgan fingerprint density at radius 3 is 2.59 bits per heavy atom. The monoisotopic (exact) mass is 467 g/mol. The normalized spacial score (nSPS) is 18.9. The number of allylic oxidation sites excluding steroid dienone is 1. The van der Waals surface area contributed by atoms with Crippen LogP contribution in [0.1, 0.15) is 39.0 Å². The average Bonchev–Trinajstić information content (AvgIpc) is 3.27. The van der Waals surface area contributed by atoms with Gasteiger partial charge in [0, 0.05) is 11.9 Å². The standard InChI is InChI=1S/C22H31FN4O4S/c1-2-14-32(29,30)27-12-10-26(11-13-27)20(16-24)21(31-19-8-3-4-9-19)22(28)25-18-7-5-6-17(23)15-18/h5-7,15-16,19,24H,2-4,8-14H2,1H3,(H,25,28)/p+1. The summed E-state index contributed by atoms with van der Waals surface area (Å²) >= 11 is 0. The maximum absolute atomic E-state index is 13.6. The van der Waals surface area contributed by atoms with E-state index in [1.54, 1.807) is 6.07 Å². The van der Waals surface area contributed by atoms with Gasteiger partial charge in [-0.05, 0) is 50.3 Å². The highest BCUT2D eigenvalue weighted by Crippen LogP contribution is 2.26. The van der Waals surface area contributed by atoms with Crippen LogP contribution in [-0.2, 0) is 19.6 Å².